The Morgan fingerprint density at radius 3 is 1.14 bits per heavy atom. The molecule has 0 aliphatic heterocycles. The third-order valence-corrected chi connectivity index (χ3v) is 14.3. The fourth-order valence-electron chi connectivity index (χ4n) is 2.85. The molecule has 0 fully saturated rings. The van der Waals surface area contributed by atoms with E-state index in [-0.39, 0.29) is 0 Å². The van der Waals surface area contributed by atoms with Crippen LogP contribution in [0, 0.1) is 0 Å². The van der Waals surface area contributed by atoms with Gasteiger partial charge in [0.2, 0.25) is 0 Å². The van der Waals surface area contributed by atoms with Crippen LogP contribution in [-0.4, -0.2) is 29.1 Å². The molecule has 0 radical (unpaired) electrons. The van der Waals surface area contributed by atoms with Crippen molar-refractivity contribution < 1.29 is 22.0 Å². The first-order valence-corrected chi connectivity index (χ1v) is 13.6. The van der Waals surface area contributed by atoms with Crippen LogP contribution in [0.3, 0.4) is 0 Å². The molecule has 0 saturated carbocycles. The molecule has 22 heavy (non-hydrogen) atoms. The normalized spacial score (nSPS) is 13.9. The smallest absolute Gasteiger partial charge is 0.393 e. The predicted molar refractivity (Wildman–Crippen MR) is 91.0 cm³/mol. The Morgan fingerprint density at radius 1 is 0.682 bits per heavy atom. The molecule has 134 valence electrons. The van der Waals surface area contributed by atoms with E-state index in [1.54, 1.807) is 0 Å². The van der Waals surface area contributed by atoms with Gasteiger partial charge in [-0.05, 0) is 36.3 Å². The van der Waals surface area contributed by atoms with Crippen LogP contribution in [0.2, 0.25) is 36.3 Å². The predicted octanol–water partition coefficient (Wildman–Crippen LogP) is 6.31. The second-order valence-corrected chi connectivity index (χ2v) is 15.4. The van der Waals surface area contributed by atoms with Crippen LogP contribution in [-0.2, 0) is 8.85 Å². The van der Waals surface area contributed by atoms with Gasteiger partial charge in [-0.15, -0.1) is 0 Å². The lowest BCUT2D eigenvalue weighted by Gasteiger charge is -2.39. The van der Waals surface area contributed by atoms with Crippen LogP contribution >= 0.6 is 0 Å². The fourth-order valence-corrected chi connectivity index (χ4v) is 8.33. The molecule has 7 heteroatoms. The van der Waals surface area contributed by atoms with Gasteiger partial charge in [0.1, 0.15) is 6.29 Å². The average molecular weight is 359 g/mol. The lowest BCUT2D eigenvalue weighted by atomic mass is 10.4. The van der Waals surface area contributed by atoms with Gasteiger partial charge in [-0.3, -0.25) is 0 Å². The number of hydrogen-bond donors (Lipinski definition) is 0. The van der Waals surface area contributed by atoms with Crippen LogP contribution in [0.15, 0.2) is 0 Å². The van der Waals surface area contributed by atoms with E-state index >= 15 is 0 Å². The molecular formula is C15H33F3O2Si2. The zero-order chi connectivity index (χ0) is 17.4. The zero-order valence-electron chi connectivity index (χ0n) is 15.0. The van der Waals surface area contributed by atoms with Crippen LogP contribution in [0.1, 0.15) is 48.0 Å². The standard InChI is InChI=1S/C15H33F3O2Si2/c1-7-21(8-2,9-3)19-14(13-15(16,17)18)20-22(10-4,11-5)12-6/h14H,7-13H2,1-6H3. The van der Waals surface area contributed by atoms with Crippen LogP contribution in [0.25, 0.3) is 0 Å². The number of hydrogen-bond acceptors (Lipinski definition) is 2. The summed E-state index contributed by atoms with van der Waals surface area (Å²) in [5.41, 5.74) is 0. The zero-order valence-corrected chi connectivity index (χ0v) is 17.0. The number of halogens is 3. The first kappa shape index (κ1) is 22.1. The molecule has 0 unspecified atom stereocenters. The fraction of sp³-hybridized carbons (Fsp3) is 1.00. The number of alkyl halides is 3. The van der Waals surface area contributed by atoms with Crippen molar-refractivity contribution in [3.05, 3.63) is 0 Å². The van der Waals surface area contributed by atoms with E-state index in [1.165, 1.54) is 0 Å². The second kappa shape index (κ2) is 9.44. The molecule has 0 aromatic rings. The Labute approximate surface area is 136 Å². The molecule has 0 aliphatic carbocycles. The summed E-state index contributed by atoms with van der Waals surface area (Å²) in [6.45, 7) is 12.1. The van der Waals surface area contributed by atoms with Gasteiger partial charge in [0.15, 0.2) is 16.6 Å². The maximum absolute atomic E-state index is 13.0. The van der Waals surface area contributed by atoms with Gasteiger partial charge in [0.25, 0.3) is 0 Å². The van der Waals surface area contributed by atoms with E-state index in [0.29, 0.717) is 0 Å². The maximum atomic E-state index is 13.0. The molecule has 2 nitrogen and oxygen atoms in total. The SMILES string of the molecule is CC[Si](CC)(CC)OC(CC(F)(F)F)O[Si](CC)(CC)CC. The maximum Gasteiger partial charge on any atom is 0.393 e. The third-order valence-electron chi connectivity index (χ3n) is 5.03. The van der Waals surface area contributed by atoms with Gasteiger partial charge in [0.05, 0.1) is 6.42 Å². The second-order valence-electron chi connectivity index (χ2n) is 5.97. The summed E-state index contributed by atoms with van der Waals surface area (Å²) in [4.78, 5) is 0. The minimum absolute atomic E-state index is 0.830. The minimum Gasteiger partial charge on any atom is -0.393 e. The van der Waals surface area contributed by atoms with Crippen LogP contribution in [0.4, 0.5) is 13.2 Å². The summed E-state index contributed by atoms with van der Waals surface area (Å²) in [5, 5.41) is 0. The largest absolute Gasteiger partial charge is 0.393 e. The average Bonchev–Trinajstić information content (AvgIpc) is 2.49. The highest BCUT2D eigenvalue weighted by Crippen LogP contribution is 2.33. The van der Waals surface area contributed by atoms with Crippen molar-refractivity contribution in [2.75, 3.05) is 0 Å². The van der Waals surface area contributed by atoms with Crippen molar-refractivity contribution >= 4 is 16.6 Å². The summed E-state index contributed by atoms with van der Waals surface area (Å²) in [7, 11) is -4.24. The Hall–Kier alpha value is 0.144. The van der Waals surface area contributed by atoms with Crippen molar-refractivity contribution in [2.24, 2.45) is 0 Å². The van der Waals surface area contributed by atoms with E-state index in [0.717, 1.165) is 36.3 Å². The van der Waals surface area contributed by atoms with E-state index in [1.807, 2.05) is 41.5 Å². The van der Waals surface area contributed by atoms with Crippen molar-refractivity contribution in [3.8, 4) is 0 Å². The van der Waals surface area contributed by atoms with Gasteiger partial charge in [0, 0.05) is 0 Å². The minimum atomic E-state index is -4.25. The molecule has 0 amide bonds. The Kier molecular flexibility index (Phi) is 9.50. The Morgan fingerprint density at radius 2 is 0.955 bits per heavy atom. The van der Waals surface area contributed by atoms with Crippen LogP contribution in [0.5, 0.6) is 0 Å². The molecule has 0 atom stereocenters. The molecule has 0 spiro atoms. The quantitative estimate of drug-likeness (QED) is 0.318. The summed E-state index contributed by atoms with van der Waals surface area (Å²) >= 11 is 0. The van der Waals surface area contributed by atoms with Gasteiger partial charge < -0.3 is 8.85 Å². The van der Waals surface area contributed by atoms with Gasteiger partial charge in [-0.25, -0.2) is 0 Å². The highest BCUT2D eigenvalue weighted by Gasteiger charge is 2.42. The van der Waals surface area contributed by atoms with Gasteiger partial charge >= 0.3 is 6.18 Å². The van der Waals surface area contributed by atoms with E-state index < -0.39 is 35.5 Å². The monoisotopic (exact) mass is 358 g/mol. The topological polar surface area (TPSA) is 18.5 Å². The summed E-state index contributed by atoms with van der Waals surface area (Å²) in [6, 6.07) is 4.98. The lowest BCUT2D eigenvalue weighted by Crippen LogP contribution is -2.48. The molecule has 0 N–H and O–H groups in total. The van der Waals surface area contributed by atoms with Crippen molar-refractivity contribution in [2.45, 2.75) is 96.7 Å². The first-order valence-electron chi connectivity index (χ1n) is 8.57. The first-order chi connectivity index (χ1) is 10.1. The summed E-state index contributed by atoms with van der Waals surface area (Å²) < 4.78 is 51.0. The molecule has 0 bridgehead atoms. The summed E-state index contributed by atoms with van der Waals surface area (Å²) in [6.07, 6.45) is -6.36. The summed E-state index contributed by atoms with van der Waals surface area (Å²) in [5.74, 6) is 0. The van der Waals surface area contributed by atoms with Gasteiger partial charge in [-0.2, -0.15) is 13.2 Å². The third kappa shape index (κ3) is 6.72. The van der Waals surface area contributed by atoms with E-state index in [4.69, 9.17) is 8.85 Å². The van der Waals surface area contributed by atoms with Crippen molar-refractivity contribution in [1.82, 2.24) is 0 Å². The molecular weight excluding hydrogens is 325 g/mol. The molecule has 0 saturated heterocycles. The Bertz CT molecular complexity index is 265. The van der Waals surface area contributed by atoms with Crippen molar-refractivity contribution in [3.63, 3.8) is 0 Å². The molecule has 0 aromatic carbocycles. The van der Waals surface area contributed by atoms with Crippen molar-refractivity contribution in [1.29, 1.82) is 0 Å². The highest BCUT2D eigenvalue weighted by atomic mass is 28.4. The molecule has 0 aliphatic rings. The highest BCUT2D eigenvalue weighted by molar-refractivity contribution is 6.74. The molecule has 0 aromatic heterocycles. The van der Waals surface area contributed by atoms with Gasteiger partial charge in [-0.1, -0.05) is 41.5 Å². The lowest BCUT2D eigenvalue weighted by molar-refractivity contribution is -0.180. The molecule has 0 rings (SSSR count). The number of rotatable bonds is 11. The Balaban J connectivity index is 5.28. The molecule has 0 heterocycles. The van der Waals surface area contributed by atoms with E-state index in [9.17, 15) is 13.2 Å². The van der Waals surface area contributed by atoms with Crippen LogP contribution < -0.4 is 0 Å². The van der Waals surface area contributed by atoms with E-state index in [2.05, 4.69) is 0 Å².